The summed E-state index contributed by atoms with van der Waals surface area (Å²) in [6.07, 6.45) is 0.762. The van der Waals surface area contributed by atoms with Crippen molar-refractivity contribution in [3.05, 3.63) is 16.5 Å². The predicted molar refractivity (Wildman–Crippen MR) is 60.1 cm³/mol. The molecule has 1 unspecified atom stereocenters. The summed E-state index contributed by atoms with van der Waals surface area (Å²) in [5.41, 5.74) is 0. The first-order chi connectivity index (χ1) is 7.02. The van der Waals surface area contributed by atoms with Crippen LogP contribution in [0.1, 0.15) is 20.3 Å². The highest BCUT2D eigenvalue weighted by atomic mass is 35.5. The highest BCUT2D eigenvalue weighted by Crippen LogP contribution is 2.15. The summed E-state index contributed by atoms with van der Waals surface area (Å²) in [4.78, 5) is 19.0. The van der Waals surface area contributed by atoms with Gasteiger partial charge < -0.3 is 5.32 Å². The molecule has 0 saturated carbocycles. The molecule has 1 rings (SSSR count). The van der Waals surface area contributed by atoms with Crippen molar-refractivity contribution in [2.45, 2.75) is 20.3 Å². The summed E-state index contributed by atoms with van der Waals surface area (Å²) in [6.45, 7) is 3.77. The molecule has 1 amide bonds. The van der Waals surface area contributed by atoms with Gasteiger partial charge in [0.25, 0.3) is 0 Å². The molecule has 0 aliphatic heterocycles. The molecule has 1 heterocycles. The molecule has 4 nitrogen and oxygen atoms in total. The van der Waals surface area contributed by atoms with Crippen LogP contribution in [-0.2, 0) is 4.79 Å². The fourth-order valence-electron chi connectivity index (χ4n) is 0.889. The number of halogens is 2. The lowest BCUT2D eigenvalue weighted by molar-refractivity contribution is -0.119. The number of carbonyl (C=O) groups excluding carboxylic acids is 1. The Kier molecular flexibility index (Phi) is 4.29. The first kappa shape index (κ1) is 12.2. The fraction of sp³-hybridized carbons (Fsp3) is 0.444. The molecule has 82 valence electrons. The van der Waals surface area contributed by atoms with Crippen LogP contribution in [0.4, 0.5) is 5.82 Å². The second kappa shape index (κ2) is 5.28. The summed E-state index contributed by atoms with van der Waals surface area (Å²) >= 11 is 11.2. The zero-order chi connectivity index (χ0) is 11.4. The minimum atomic E-state index is -0.108. The Balaban J connectivity index is 2.76. The van der Waals surface area contributed by atoms with Gasteiger partial charge in [-0.2, -0.15) is 0 Å². The molecule has 1 aromatic rings. The second-order valence-electron chi connectivity index (χ2n) is 3.14. The molecule has 0 aliphatic rings. The van der Waals surface area contributed by atoms with E-state index >= 15 is 0 Å². The predicted octanol–water partition coefficient (Wildman–Crippen LogP) is 2.77. The number of nitrogens with one attached hydrogen (secondary N) is 1. The topological polar surface area (TPSA) is 54.9 Å². The Morgan fingerprint density at radius 1 is 1.53 bits per heavy atom. The van der Waals surface area contributed by atoms with Crippen molar-refractivity contribution in [2.75, 3.05) is 5.32 Å². The van der Waals surface area contributed by atoms with E-state index in [0.29, 0.717) is 5.82 Å². The van der Waals surface area contributed by atoms with Crippen LogP contribution < -0.4 is 5.32 Å². The Hall–Kier alpha value is -0.870. The highest BCUT2D eigenvalue weighted by Gasteiger charge is 2.12. The Morgan fingerprint density at radius 2 is 2.20 bits per heavy atom. The molecule has 0 aromatic carbocycles. The third-order valence-corrected chi connectivity index (χ3v) is 2.34. The number of aromatic nitrogens is 2. The van der Waals surface area contributed by atoms with Crippen LogP contribution in [0.3, 0.4) is 0 Å². The van der Waals surface area contributed by atoms with Gasteiger partial charge in [-0.3, -0.25) is 4.79 Å². The minimum absolute atomic E-state index is 0.0157. The third kappa shape index (κ3) is 3.64. The number of amides is 1. The van der Waals surface area contributed by atoms with Crippen molar-refractivity contribution in [3.8, 4) is 0 Å². The van der Waals surface area contributed by atoms with Gasteiger partial charge >= 0.3 is 0 Å². The number of rotatable bonds is 3. The van der Waals surface area contributed by atoms with Gasteiger partial charge in [0.1, 0.15) is 11.0 Å². The Bertz CT molecular complexity index is 350. The molecule has 1 N–H and O–H groups in total. The molecule has 0 spiro atoms. The Morgan fingerprint density at radius 3 is 2.73 bits per heavy atom. The van der Waals surface area contributed by atoms with Crippen LogP contribution in [0.5, 0.6) is 0 Å². The lowest BCUT2D eigenvalue weighted by Gasteiger charge is -2.09. The summed E-state index contributed by atoms with van der Waals surface area (Å²) in [6, 6.07) is 1.45. The number of carbonyl (C=O) groups is 1. The SMILES string of the molecule is CCC(C)C(=O)Nc1cc(Cl)nc(Cl)n1. The fourth-order valence-corrected chi connectivity index (χ4v) is 1.30. The molecule has 1 atom stereocenters. The summed E-state index contributed by atoms with van der Waals surface area (Å²) in [5, 5.41) is 2.83. The third-order valence-electron chi connectivity index (χ3n) is 1.98. The van der Waals surface area contributed by atoms with Crippen molar-refractivity contribution in [3.63, 3.8) is 0 Å². The van der Waals surface area contributed by atoms with Crippen LogP contribution in [0.25, 0.3) is 0 Å². The molecule has 15 heavy (non-hydrogen) atoms. The van der Waals surface area contributed by atoms with E-state index in [4.69, 9.17) is 23.2 Å². The average molecular weight is 248 g/mol. The molecular formula is C9H11Cl2N3O. The number of anilines is 1. The van der Waals surface area contributed by atoms with Gasteiger partial charge in [-0.25, -0.2) is 9.97 Å². The quantitative estimate of drug-likeness (QED) is 0.661. The molecule has 0 bridgehead atoms. The van der Waals surface area contributed by atoms with Crippen molar-refractivity contribution >= 4 is 34.9 Å². The Labute approximate surface area is 98.0 Å². The van der Waals surface area contributed by atoms with Crippen LogP contribution in [0.2, 0.25) is 10.4 Å². The van der Waals surface area contributed by atoms with Gasteiger partial charge in [0, 0.05) is 12.0 Å². The van der Waals surface area contributed by atoms with Gasteiger partial charge in [0.2, 0.25) is 11.2 Å². The number of nitrogens with zero attached hydrogens (tertiary/aromatic N) is 2. The van der Waals surface area contributed by atoms with Crippen LogP contribution in [-0.4, -0.2) is 15.9 Å². The van der Waals surface area contributed by atoms with E-state index in [1.807, 2.05) is 13.8 Å². The summed E-state index contributed by atoms with van der Waals surface area (Å²) < 4.78 is 0. The van der Waals surface area contributed by atoms with Gasteiger partial charge in [-0.05, 0) is 18.0 Å². The minimum Gasteiger partial charge on any atom is -0.310 e. The van der Waals surface area contributed by atoms with Crippen LogP contribution >= 0.6 is 23.2 Å². The number of hydrogen-bond acceptors (Lipinski definition) is 3. The van der Waals surface area contributed by atoms with Gasteiger partial charge in [-0.1, -0.05) is 25.4 Å². The van der Waals surface area contributed by atoms with E-state index < -0.39 is 0 Å². The van der Waals surface area contributed by atoms with Crippen molar-refractivity contribution in [1.82, 2.24) is 9.97 Å². The van der Waals surface area contributed by atoms with Crippen LogP contribution in [0.15, 0.2) is 6.07 Å². The van der Waals surface area contributed by atoms with Crippen LogP contribution in [0, 0.1) is 5.92 Å². The average Bonchev–Trinajstić information content (AvgIpc) is 2.14. The standard InChI is InChI=1S/C9H11Cl2N3O/c1-3-5(2)8(15)13-7-4-6(10)12-9(11)14-7/h4-5H,3H2,1-2H3,(H,12,13,14,15). The first-order valence-corrected chi connectivity index (χ1v) is 5.29. The monoisotopic (exact) mass is 247 g/mol. The maximum absolute atomic E-state index is 11.5. The lowest BCUT2D eigenvalue weighted by atomic mass is 10.1. The molecule has 0 saturated heterocycles. The zero-order valence-corrected chi connectivity index (χ0v) is 9.93. The van der Waals surface area contributed by atoms with Crippen molar-refractivity contribution in [2.24, 2.45) is 5.92 Å². The molecule has 6 heteroatoms. The molecule has 0 fully saturated rings. The molecular weight excluding hydrogens is 237 g/mol. The van der Waals surface area contributed by atoms with E-state index in [1.54, 1.807) is 0 Å². The van der Waals surface area contributed by atoms with Gasteiger partial charge in [0.15, 0.2) is 0 Å². The lowest BCUT2D eigenvalue weighted by Crippen LogP contribution is -2.20. The highest BCUT2D eigenvalue weighted by molar-refractivity contribution is 6.32. The molecule has 0 aliphatic carbocycles. The zero-order valence-electron chi connectivity index (χ0n) is 8.42. The first-order valence-electron chi connectivity index (χ1n) is 4.54. The second-order valence-corrected chi connectivity index (χ2v) is 3.87. The maximum Gasteiger partial charge on any atom is 0.228 e. The normalized spacial score (nSPS) is 12.3. The molecule has 1 aromatic heterocycles. The van der Waals surface area contributed by atoms with Gasteiger partial charge in [-0.15, -0.1) is 0 Å². The summed E-state index contributed by atoms with van der Waals surface area (Å²) in [5.74, 6) is 0.145. The molecule has 0 radical (unpaired) electrons. The smallest absolute Gasteiger partial charge is 0.228 e. The largest absolute Gasteiger partial charge is 0.310 e. The number of hydrogen-bond donors (Lipinski definition) is 1. The van der Waals surface area contributed by atoms with E-state index in [1.165, 1.54) is 6.07 Å². The van der Waals surface area contributed by atoms with Crippen molar-refractivity contribution < 1.29 is 4.79 Å². The van der Waals surface area contributed by atoms with E-state index in [-0.39, 0.29) is 22.3 Å². The van der Waals surface area contributed by atoms with E-state index in [0.717, 1.165) is 6.42 Å². The van der Waals surface area contributed by atoms with E-state index in [2.05, 4.69) is 15.3 Å². The summed E-state index contributed by atoms with van der Waals surface area (Å²) in [7, 11) is 0. The van der Waals surface area contributed by atoms with Gasteiger partial charge in [0.05, 0.1) is 0 Å². The van der Waals surface area contributed by atoms with E-state index in [9.17, 15) is 4.79 Å². The maximum atomic E-state index is 11.5. The van der Waals surface area contributed by atoms with Crippen molar-refractivity contribution in [1.29, 1.82) is 0 Å².